The SMILES string of the molecule is CC(C)(C)OC(=O)C=Cc1ccc(C(=C2CCCCC2)c2ccc(O)cc2)c(F)c1. The summed E-state index contributed by atoms with van der Waals surface area (Å²) in [6.45, 7) is 5.41. The van der Waals surface area contributed by atoms with Gasteiger partial charge in [-0.15, -0.1) is 0 Å². The predicted molar refractivity (Wildman–Crippen MR) is 118 cm³/mol. The van der Waals surface area contributed by atoms with Gasteiger partial charge in [0, 0.05) is 11.6 Å². The van der Waals surface area contributed by atoms with E-state index in [1.807, 2.05) is 18.2 Å². The third-order valence-electron chi connectivity index (χ3n) is 5.05. The maximum atomic E-state index is 15.2. The number of allylic oxidation sites excluding steroid dienone is 1. The molecule has 1 fully saturated rings. The third-order valence-corrected chi connectivity index (χ3v) is 5.05. The second-order valence-corrected chi connectivity index (χ2v) is 8.69. The lowest BCUT2D eigenvalue weighted by atomic mass is 9.84. The van der Waals surface area contributed by atoms with E-state index in [-0.39, 0.29) is 11.6 Å². The van der Waals surface area contributed by atoms with E-state index in [2.05, 4.69) is 0 Å². The molecule has 0 spiro atoms. The smallest absolute Gasteiger partial charge is 0.331 e. The Bertz CT molecular complexity index is 955. The normalized spacial score (nSPS) is 14.7. The van der Waals surface area contributed by atoms with Gasteiger partial charge < -0.3 is 9.84 Å². The van der Waals surface area contributed by atoms with Crippen molar-refractivity contribution in [1.29, 1.82) is 0 Å². The molecule has 0 unspecified atom stereocenters. The van der Waals surface area contributed by atoms with Gasteiger partial charge in [-0.2, -0.15) is 0 Å². The summed E-state index contributed by atoms with van der Waals surface area (Å²) in [5, 5.41) is 9.65. The Kier molecular flexibility index (Phi) is 6.76. The van der Waals surface area contributed by atoms with Crippen molar-refractivity contribution in [2.24, 2.45) is 0 Å². The highest BCUT2D eigenvalue weighted by molar-refractivity contribution is 5.88. The summed E-state index contributed by atoms with van der Waals surface area (Å²) >= 11 is 0. The molecule has 1 saturated carbocycles. The summed E-state index contributed by atoms with van der Waals surface area (Å²) < 4.78 is 20.4. The molecule has 2 aromatic carbocycles. The van der Waals surface area contributed by atoms with Gasteiger partial charge in [0.1, 0.15) is 17.2 Å². The van der Waals surface area contributed by atoms with E-state index in [0.717, 1.165) is 36.8 Å². The van der Waals surface area contributed by atoms with Crippen molar-refractivity contribution in [3.63, 3.8) is 0 Å². The van der Waals surface area contributed by atoms with Crippen LogP contribution in [0.3, 0.4) is 0 Å². The molecule has 1 N–H and O–H groups in total. The molecule has 30 heavy (non-hydrogen) atoms. The van der Waals surface area contributed by atoms with Crippen LogP contribution < -0.4 is 0 Å². The number of benzene rings is 2. The monoisotopic (exact) mass is 408 g/mol. The zero-order chi connectivity index (χ0) is 21.7. The molecule has 0 atom stereocenters. The molecule has 3 nitrogen and oxygen atoms in total. The van der Waals surface area contributed by atoms with E-state index in [1.165, 1.54) is 24.1 Å². The minimum atomic E-state index is -0.568. The van der Waals surface area contributed by atoms with Gasteiger partial charge in [0.2, 0.25) is 0 Å². The second kappa shape index (κ2) is 9.29. The molecule has 1 aliphatic carbocycles. The molecule has 4 heteroatoms. The number of phenolic OH excluding ortho intramolecular Hbond substituents is 1. The Morgan fingerprint density at radius 3 is 2.30 bits per heavy atom. The molecule has 0 amide bonds. The van der Waals surface area contributed by atoms with Crippen molar-refractivity contribution in [3.8, 4) is 5.75 Å². The molecule has 0 aliphatic heterocycles. The number of ether oxygens (including phenoxy) is 1. The maximum absolute atomic E-state index is 15.2. The lowest BCUT2D eigenvalue weighted by Crippen LogP contribution is -2.22. The van der Waals surface area contributed by atoms with Gasteiger partial charge in [-0.25, -0.2) is 9.18 Å². The van der Waals surface area contributed by atoms with Crippen LogP contribution in [0.1, 0.15) is 69.6 Å². The summed E-state index contributed by atoms with van der Waals surface area (Å²) in [5.41, 5.74) is 3.65. The third kappa shape index (κ3) is 5.82. The molecule has 158 valence electrons. The first-order valence-electron chi connectivity index (χ1n) is 10.5. The van der Waals surface area contributed by atoms with Crippen LogP contribution in [0.4, 0.5) is 4.39 Å². The molecule has 0 aromatic heterocycles. The number of hydrogen-bond donors (Lipinski definition) is 1. The molecule has 2 aromatic rings. The van der Waals surface area contributed by atoms with Gasteiger partial charge in [0.15, 0.2) is 0 Å². The van der Waals surface area contributed by atoms with E-state index in [4.69, 9.17) is 4.74 Å². The van der Waals surface area contributed by atoms with Crippen LogP contribution in [0.2, 0.25) is 0 Å². The Hall–Kier alpha value is -2.88. The Morgan fingerprint density at radius 1 is 1.03 bits per heavy atom. The van der Waals surface area contributed by atoms with Gasteiger partial charge in [0.05, 0.1) is 0 Å². The Morgan fingerprint density at radius 2 is 1.70 bits per heavy atom. The highest BCUT2D eigenvalue weighted by Gasteiger charge is 2.18. The number of hydrogen-bond acceptors (Lipinski definition) is 3. The number of esters is 1. The van der Waals surface area contributed by atoms with Crippen LogP contribution in [0.25, 0.3) is 11.6 Å². The van der Waals surface area contributed by atoms with Crippen LogP contribution in [0.5, 0.6) is 5.75 Å². The summed E-state index contributed by atoms with van der Waals surface area (Å²) in [5.74, 6) is -0.599. The van der Waals surface area contributed by atoms with Crippen LogP contribution in [-0.4, -0.2) is 16.7 Å². The fourth-order valence-electron chi connectivity index (χ4n) is 3.74. The number of rotatable bonds is 4. The number of aromatic hydroxyl groups is 1. The van der Waals surface area contributed by atoms with Crippen molar-refractivity contribution in [3.05, 3.63) is 76.6 Å². The Balaban J connectivity index is 1.93. The predicted octanol–water partition coefficient (Wildman–Crippen LogP) is 6.65. The van der Waals surface area contributed by atoms with Crippen LogP contribution in [0, 0.1) is 5.82 Å². The molecule has 1 aliphatic rings. The molecule has 0 heterocycles. The highest BCUT2D eigenvalue weighted by Crippen LogP contribution is 2.36. The Labute approximate surface area is 177 Å². The molecule has 0 radical (unpaired) electrons. The van der Waals surface area contributed by atoms with Gasteiger partial charge in [0.25, 0.3) is 0 Å². The van der Waals surface area contributed by atoms with Gasteiger partial charge in [-0.05, 0) is 87.4 Å². The first kappa shape index (κ1) is 21.8. The highest BCUT2D eigenvalue weighted by atomic mass is 19.1. The van der Waals surface area contributed by atoms with Crippen LogP contribution >= 0.6 is 0 Å². The van der Waals surface area contributed by atoms with E-state index in [0.29, 0.717) is 11.1 Å². The molecule has 3 rings (SSSR count). The van der Waals surface area contributed by atoms with E-state index >= 15 is 4.39 Å². The maximum Gasteiger partial charge on any atom is 0.331 e. The van der Waals surface area contributed by atoms with Gasteiger partial charge in [-0.3, -0.25) is 0 Å². The summed E-state index contributed by atoms with van der Waals surface area (Å²) in [6.07, 6.45) is 8.20. The number of phenols is 1. The van der Waals surface area contributed by atoms with E-state index in [1.54, 1.807) is 45.0 Å². The van der Waals surface area contributed by atoms with Crippen molar-refractivity contribution in [2.75, 3.05) is 0 Å². The minimum Gasteiger partial charge on any atom is -0.508 e. The number of carbonyl (C=O) groups excluding carboxylic acids is 1. The fraction of sp³-hybridized carbons (Fsp3) is 0.346. The number of carbonyl (C=O) groups is 1. The molecular formula is C26H29FO3. The average molecular weight is 409 g/mol. The van der Waals surface area contributed by atoms with Crippen molar-refractivity contribution >= 4 is 17.6 Å². The van der Waals surface area contributed by atoms with Crippen LogP contribution in [0.15, 0.2) is 54.1 Å². The second-order valence-electron chi connectivity index (χ2n) is 8.69. The minimum absolute atomic E-state index is 0.190. The van der Waals surface area contributed by atoms with E-state index < -0.39 is 11.6 Å². The quantitative estimate of drug-likeness (QED) is 0.455. The average Bonchev–Trinajstić information content (AvgIpc) is 2.69. The summed E-state index contributed by atoms with van der Waals surface area (Å²) in [6, 6.07) is 12.0. The van der Waals surface area contributed by atoms with Crippen molar-refractivity contribution in [1.82, 2.24) is 0 Å². The van der Waals surface area contributed by atoms with Gasteiger partial charge >= 0.3 is 5.97 Å². The van der Waals surface area contributed by atoms with Crippen molar-refractivity contribution in [2.45, 2.75) is 58.5 Å². The fourth-order valence-corrected chi connectivity index (χ4v) is 3.74. The molecular weight excluding hydrogens is 379 g/mol. The lowest BCUT2D eigenvalue weighted by molar-refractivity contribution is -0.148. The van der Waals surface area contributed by atoms with Gasteiger partial charge in [-0.1, -0.05) is 36.3 Å². The topological polar surface area (TPSA) is 46.5 Å². The van der Waals surface area contributed by atoms with E-state index in [9.17, 15) is 9.90 Å². The largest absolute Gasteiger partial charge is 0.508 e. The first-order chi connectivity index (χ1) is 14.2. The standard InChI is InChI=1S/C26H29FO3/c1-26(2,3)30-24(29)16-10-18-9-15-22(23(27)17-18)25(19-7-5-4-6-8-19)20-11-13-21(28)14-12-20/h9-17,28H,4-8H2,1-3H3. The summed E-state index contributed by atoms with van der Waals surface area (Å²) in [7, 11) is 0. The molecule has 0 bridgehead atoms. The van der Waals surface area contributed by atoms with Crippen molar-refractivity contribution < 1.29 is 19.0 Å². The lowest BCUT2D eigenvalue weighted by Gasteiger charge is -2.21. The zero-order valence-electron chi connectivity index (χ0n) is 17.9. The summed E-state index contributed by atoms with van der Waals surface area (Å²) in [4.78, 5) is 11.9. The number of halogens is 1. The first-order valence-corrected chi connectivity index (χ1v) is 10.5. The van der Waals surface area contributed by atoms with Crippen LogP contribution in [-0.2, 0) is 9.53 Å². The molecule has 0 saturated heterocycles. The zero-order valence-corrected chi connectivity index (χ0v) is 17.9.